The smallest absolute Gasteiger partial charge is 0.122 e. The first-order valence-electron chi connectivity index (χ1n) is 5.98. The molecule has 0 bridgehead atoms. The van der Waals surface area contributed by atoms with Crippen molar-refractivity contribution in [2.75, 3.05) is 13.7 Å². The highest BCUT2D eigenvalue weighted by molar-refractivity contribution is 7.11. The zero-order valence-electron chi connectivity index (χ0n) is 10.2. The van der Waals surface area contributed by atoms with Crippen molar-refractivity contribution in [2.45, 2.75) is 38.8 Å². The second-order valence-electron chi connectivity index (χ2n) is 4.37. The Bertz CT molecular complexity index is 336. The normalized spacial score (nSPS) is 19.7. The van der Waals surface area contributed by atoms with Gasteiger partial charge in [-0.05, 0) is 32.2 Å². The summed E-state index contributed by atoms with van der Waals surface area (Å²) in [6.07, 6.45) is 4.79. The SMILES string of the molecule is CCNC(C)c1cnc(C(OC)C2CC2)s1. The first-order valence-corrected chi connectivity index (χ1v) is 6.79. The van der Waals surface area contributed by atoms with Crippen LogP contribution in [-0.4, -0.2) is 18.6 Å². The highest BCUT2D eigenvalue weighted by atomic mass is 32.1. The zero-order chi connectivity index (χ0) is 11.5. The van der Waals surface area contributed by atoms with Crippen LogP contribution in [0.25, 0.3) is 0 Å². The number of ether oxygens (including phenoxy) is 1. The molecule has 2 rings (SSSR count). The van der Waals surface area contributed by atoms with Crippen molar-refractivity contribution >= 4 is 11.3 Å². The molecular weight excluding hydrogens is 220 g/mol. The van der Waals surface area contributed by atoms with Gasteiger partial charge in [-0.2, -0.15) is 0 Å². The van der Waals surface area contributed by atoms with Crippen molar-refractivity contribution in [3.05, 3.63) is 16.1 Å². The van der Waals surface area contributed by atoms with Gasteiger partial charge in [0.25, 0.3) is 0 Å². The largest absolute Gasteiger partial charge is 0.374 e. The molecule has 1 saturated carbocycles. The summed E-state index contributed by atoms with van der Waals surface area (Å²) in [5.74, 6) is 0.707. The van der Waals surface area contributed by atoms with Crippen LogP contribution >= 0.6 is 11.3 Å². The maximum Gasteiger partial charge on any atom is 0.122 e. The van der Waals surface area contributed by atoms with Gasteiger partial charge in [0.2, 0.25) is 0 Å². The van der Waals surface area contributed by atoms with Crippen LogP contribution in [0.15, 0.2) is 6.20 Å². The van der Waals surface area contributed by atoms with Crippen LogP contribution in [0.5, 0.6) is 0 Å². The minimum absolute atomic E-state index is 0.229. The fraction of sp³-hybridized carbons (Fsp3) is 0.750. The molecule has 0 spiro atoms. The zero-order valence-corrected chi connectivity index (χ0v) is 11.0. The van der Waals surface area contributed by atoms with Gasteiger partial charge in [-0.15, -0.1) is 11.3 Å². The van der Waals surface area contributed by atoms with E-state index < -0.39 is 0 Å². The third kappa shape index (κ3) is 2.62. The summed E-state index contributed by atoms with van der Waals surface area (Å²) in [5.41, 5.74) is 0. The van der Waals surface area contributed by atoms with Gasteiger partial charge >= 0.3 is 0 Å². The Morgan fingerprint density at radius 1 is 1.62 bits per heavy atom. The summed E-state index contributed by atoms with van der Waals surface area (Å²) in [6.45, 7) is 5.30. The molecule has 1 aromatic rings. The molecule has 2 atom stereocenters. The van der Waals surface area contributed by atoms with Gasteiger partial charge in [0.1, 0.15) is 11.1 Å². The monoisotopic (exact) mass is 240 g/mol. The van der Waals surface area contributed by atoms with Crippen molar-refractivity contribution in [1.82, 2.24) is 10.3 Å². The molecule has 1 N–H and O–H groups in total. The standard InChI is InChI=1S/C12H20N2OS/c1-4-13-8(2)10-7-14-12(16-10)11(15-3)9-5-6-9/h7-9,11,13H,4-6H2,1-3H3. The Morgan fingerprint density at radius 2 is 2.38 bits per heavy atom. The van der Waals surface area contributed by atoms with Gasteiger partial charge in [-0.1, -0.05) is 6.92 Å². The Morgan fingerprint density at radius 3 is 2.94 bits per heavy atom. The predicted octanol–water partition coefficient (Wildman–Crippen LogP) is 2.91. The Kier molecular flexibility index (Phi) is 3.95. The lowest BCUT2D eigenvalue weighted by molar-refractivity contribution is 0.0844. The van der Waals surface area contributed by atoms with Gasteiger partial charge in [0.05, 0.1) is 0 Å². The van der Waals surface area contributed by atoms with Crippen molar-refractivity contribution in [3.63, 3.8) is 0 Å². The molecule has 0 radical (unpaired) electrons. The molecule has 1 heterocycles. The van der Waals surface area contributed by atoms with Gasteiger partial charge in [-0.3, -0.25) is 0 Å². The summed E-state index contributed by atoms with van der Waals surface area (Å²) in [7, 11) is 1.79. The van der Waals surface area contributed by atoms with E-state index in [0.717, 1.165) is 11.6 Å². The lowest BCUT2D eigenvalue weighted by Gasteiger charge is -2.11. The molecule has 16 heavy (non-hydrogen) atoms. The summed E-state index contributed by atoms with van der Waals surface area (Å²) >= 11 is 1.78. The molecule has 1 aromatic heterocycles. The predicted molar refractivity (Wildman–Crippen MR) is 66.7 cm³/mol. The maximum absolute atomic E-state index is 5.54. The molecule has 0 aliphatic heterocycles. The highest BCUT2D eigenvalue weighted by Gasteiger charge is 2.34. The number of methoxy groups -OCH3 is 1. The van der Waals surface area contributed by atoms with Crippen LogP contribution in [0.2, 0.25) is 0 Å². The molecule has 1 aliphatic rings. The lowest BCUT2D eigenvalue weighted by atomic mass is 10.2. The minimum atomic E-state index is 0.229. The average molecular weight is 240 g/mol. The van der Waals surface area contributed by atoms with E-state index in [9.17, 15) is 0 Å². The van der Waals surface area contributed by atoms with Crippen LogP contribution < -0.4 is 5.32 Å². The molecule has 90 valence electrons. The summed E-state index contributed by atoms with van der Waals surface area (Å²) in [4.78, 5) is 5.81. The number of rotatable bonds is 6. The number of nitrogens with one attached hydrogen (secondary N) is 1. The van der Waals surface area contributed by atoms with Gasteiger partial charge in [0.15, 0.2) is 0 Å². The first kappa shape index (κ1) is 12.0. The molecule has 2 unspecified atom stereocenters. The fourth-order valence-electron chi connectivity index (χ4n) is 1.93. The first-order chi connectivity index (χ1) is 7.76. The molecule has 1 aliphatic carbocycles. The minimum Gasteiger partial charge on any atom is -0.374 e. The fourth-order valence-corrected chi connectivity index (χ4v) is 3.05. The third-order valence-electron chi connectivity index (χ3n) is 3.03. The van der Waals surface area contributed by atoms with Crippen LogP contribution in [-0.2, 0) is 4.74 Å². The summed E-state index contributed by atoms with van der Waals surface area (Å²) < 4.78 is 5.54. The van der Waals surface area contributed by atoms with Crippen LogP contribution in [0.4, 0.5) is 0 Å². The molecule has 0 saturated heterocycles. The van der Waals surface area contributed by atoms with E-state index in [0.29, 0.717) is 12.0 Å². The van der Waals surface area contributed by atoms with E-state index in [1.54, 1.807) is 18.4 Å². The van der Waals surface area contributed by atoms with Crippen molar-refractivity contribution < 1.29 is 4.74 Å². The van der Waals surface area contributed by atoms with E-state index in [1.807, 2.05) is 6.20 Å². The Balaban J connectivity index is 2.05. The number of nitrogens with zero attached hydrogens (tertiary/aromatic N) is 1. The number of hydrogen-bond acceptors (Lipinski definition) is 4. The molecular formula is C12H20N2OS. The van der Waals surface area contributed by atoms with Crippen LogP contribution in [0, 0.1) is 5.92 Å². The Labute approximate surface area is 101 Å². The highest BCUT2D eigenvalue weighted by Crippen LogP contribution is 2.44. The summed E-state index contributed by atoms with van der Waals surface area (Å²) in [6, 6.07) is 0.396. The quantitative estimate of drug-likeness (QED) is 0.830. The topological polar surface area (TPSA) is 34.2 Å². The van der Waals surface area contributed by atoms with Gasteiger partial charge in [-0.25, -0.2) is 4.98 Å². The van der Waals surface area contributed by atoms with Gasteiger partial charge < -0.3 is 10.1 Å². The number of thiazole rings is 1. The molecule has 3 nitrogen and oxygen atoms in total. The lowest BCUT2D eigenvalue weighted by Crippen LogP contribution is -2.16. The van der Waals surface area contributed by atoms with Crippen molar-refractivity contribution in [1.29, 1.82) is 0 Å². The van der Waals surface area contributed by atoms with Gasteiger partial charge in [0, 0.05) is 24.2 Å². The molecule has 0 aromatic carbocycles. The van der Waals surface area contributed by atoms with E-state index in [-0.39, 0.29) is 6.10 Å². The summed E-state index contributed by atoms with van der Waals surface area (Å²) in [5, 5.41) is 4.55. The van der Waals surface area contributed by atoms with E-state index >= 15 is 0 Å². The Hall–Kier alpha value is -0.450. The maximum atomic E-state index is 5.54. The average Bonchev–Trinajstić information content (AvgIpc) is 2.97. The molecule has 4 heteroatoms. The molecule has 0 amide bonds. The second-order valence-corrected chi connectivity index (χ2v) is 5.47. The van der Waals surface area contributed by atoms with E-state index in [2.05, 4.69) is 24.1 Å². The van der Waals surface area contributed by atoms with Crippen LogP contribution in [0.3, 0.4) is 0 Å². The van der Waals surface area contributed by atoms with Crippen LogP contribution in [0.1, 0.15) is 48.7 Å². The number of aromatic nitrogens is 1. The second kappa shape index (κ2) is 5.25. The molecule has 1 fully saturated rings. The van der Waals surface area contributed by atoms with E-state index in [1.165, 1.54) is 17.7 Å². The van der Waals surface area contributed by atoms with Crippen molar-refractivity contribution in [2.24, 2.45) is 5.92 Å². The third-order valence-corrected chi connectivity index (χ3v) is 4.27. The van der Waals surface area contributed by atoms with E-state index in [4.69, 9.17) is 4.74 Å². The number of hydrogen-bond donors (Lipinski definition) is 1. The van der Waals surface area contributed by atoms with Crippen molar-refractivity contribution in [3.8, 4) is 0 Å².